The smallest absolute Gasteiger partial charge is 0.337 e. The van der Waals surface area contributed by atoms with Crippen LogP contribution in [0.4, 0.5) is 11.4 Å². The standard InChI is InChI=1S/C16H18N2O5S.C10H11BrO3.C6H8N2O2S/c1-22-15-9-12(16(19)23-2)6-7-13(15)11-18(24(3,20)21)14-5-4-8-17-10-14;1-13-9-5-7(10(12)14-2)3-4-8(9)6-11;1-11(9,10)8-6-3-2-4-7-5-6/h4-10H,11H2,1-3H3;3-5H,6H2,1-2H3;2-5,8H,1H3. The topological polar surface area (TPSA) is 180 Å². The summed E-state index contributed by atoms with van der Waals surface area (Å²) >= 11 is 3.33. The summed E-state index contributed by atoms with van der Waals surface area (Å²) in [6, 6.07) is 16.5. The lowest BCUT2D eigenvalue weighted by molar-refractivity contribution is 0.0591. The average molecular weight is 782 g/mol. The van der Waals surface area contributed by atoms with Crippen molar-refractivity contribution in [3.05, 3.63) is 108 Å². The predicted molar refractivity (Wildman–Crippen MR) is 189 cm³/mol. The Morgan fingerprint density at radius 1 is 0.755 bits per heavy atom. The Labute approximate surface area is 294 Å². The van der Waals surface area contributed by atoms with Crippen LogP contribution in [0, 0.1) is 0 Å². The quantitative estimate of drug-likeness (QED) is 0.164. The number of anilines is 2. The van der Waals surface area contributed by atoms with Crippen molar-refractivity contribution >= 4 is 59.3 Å². The number of methoxy groups -OCH3 is 4. The molecule has 0 atom stereocenters. The van der Waals surface area contributed by atoms with E-state index < -0.39 is 26.0 Å². The molecule has 0 saturated carbocycles. The highest BCUT2D eigenvalue weighted by atomic mass is 79.9. The highest BCUT2D eigenvalue weighted by molar-refractivity contribution is 9.08. The molecule has 0 aliphatic heterocycles. The second kappa shape index (κ2) is 19.3. The molecule has 4 aromatic rings. The minimum absolute atomic E-state index is 0.0507. The van der Waals surface area contributed by atoms with Gasteiger partial charge in [-0.15, -0.1) is 0 Å². The number of ether oxygens (including phenoxy) is 4. The van der Waals surface area contributed by atoms with Gasteiger partial charge < -0.3 is 18.9 Å². The molecule has 0 aliphatic carbocycles. The normalized spacial score (nSPS) is 10.6. The van der Waals surface area contributed by atoms with Crippen molar-refractivity contribution in [2.45, 2.75) is 11.9 Å². The molecular weight excluding hydrogens is 744 g/mol. The van der Waals surface area contributed by atoms with Gasteiger partial charge in [0, 0.05) is 28.9 Å². The molecule has 17 heteroatoms. The van der Waals surface area contributed by atoms with Crippen LogP contribution >= 0.6 is 15.9 Å². The van der Waals surface area contributed by atoms with Crippen molar-refractivity contribution in [1.82, 2.24) is 9.97 Å². The Morgan fingerprint density at radius 2 is 1.27 bits per heavy atom. The van der Waals surface area contributed by atoms with Crippen molar-refractivity contribution in [1.29, 1.82) is 0 Å². The molecule has 0 amide bonds. The molecule has 2 aromatic carbocycles. The number of benzene rings is 2. The first-order valence-electron chi connectivity index (χ1n) is 14.0. The maximum Gasteiger partial charge on any atom is 0.337 e. The van der Waals surface area contributed by atoms with Crippen LogP contribution in [0.25, 0.3) is 0 Å². The van der Waals surface area contributed by atoms with Crippen LogP contribution in [0.3, 0.4) is 0 Å². The van der Waals surface area contributed by atoms with Crippen LogP contribution in [0.15, 0.2) is 85.5 Å². The van der Waals surface area contributed by atoms with E-state index in [1.165, 1.54) is 44.1 Å². The lowest BCUT2D eigenvalue weighted by Gasteiger charge is -2.23. The lowest BCUT2D eigenvalue weighted by Crippen LogP contribution is -2.29. The van der Waals surface area contributed by atoms with Crippen molar-refractivity contribution in [3.8, 4) is 11.5 Å². The Morgan fingerprint density at radius 3 is 1.67 bits per heavy atom. The van der Waals surface area contributed by atoms with Crippen LogP contribution in [0.1, 0.15) is 31.8 Å². The number of nitrogens with one attached hydrogen (secondary N) is 1. The molecule has 49 heavy (non-hydrogen) atoms. The van der Waals surface area contributed by atoms with Crippen LogP contribution < -0.4 is 18.5 Å². The number of halogens is 1. The van der Waals surface area contributed by atoms with E-state index in [0.29, 0.717) is 44.9 Å². The van der Waals surface area contributed by atoms with Gasteiger partial charge in [-0.25, -0.2) is 26.4 Å². The summed E-state index contributed by atoms with van der Waals surface area (Å²) in [5, 5.41) is 0.692. The first-order chi connectivity index (χ1) is 23.2. The number of carbonyl (C=O) groups is 2. The average Bonchev–Trinajstić information content (AvgIpc) is 3.09. The molecular formula is C32H37BrN4O10S2. The number of nitrogens with zero attached hydrogens (tertiary/aromatic N) is 3. The van der Waals surface area contributed by atoms with Gasteiger partial charge in [-0.05, 0) is 48.5 Å². The third kappa shape index (κ3) is 13.4. The molecule has 0 unspecified atom stereocenters. The van der Waals surface area contributed by atoms with Gasteiger partial charge in [0.15, 0.2) is 0 Å². The fraction of sp³-hybridized carbons (Fsp3) is 0.250. The van der Waals surface area contributed by atoms with Gasteiger partial charge in [0.1, 0.15) is 11.5 Å². The molecule has 0 saturated heterocycles. The van der Waals surface area contributed by atoms with Crippen molar-refractivity contribution in [2.75, 3.05) is 50.0 Å². The highest BCUT2D eigenvalue weighted by Gasteiger charge is 2.21. The second-order valence-corrected chi connectivity index (χ2v) is 14.0. The van der Waals surface area contributed by atoms with E-state index in [1.807, 2.05) is 6.07 Å². The molecule has 2 heterocycles. The fourth-order valence-electron chi connectivity index (χ4n) is 3.91. The largest absolute Gasteiger partial charge is 0.496 e. The molecule has 4 rings (SSSR count). The van der Waals surface area contributed by atoms with Gasteiger partial charge in [0.25, 0.3) is 0 Å². The number of esters is 2. The molecule has 1 N–H and O–H groups in total. The third-order valence-electron chi connectivity index (χ3n) is 6.17. The third-order valence-corrected chi connectivity index (χ3v) is 8.52. The van der Waals surface area contributed by atoms with Crippen LogP contribution in [-0.4, -0.2) is 79.7 Å². The van der Waals surface area contributed by atoms with E-state index >= 15 is 0 Å². The van der Waals surface area contributed by atoms with E-state index in [1.54, 1.807) is 68.0 Å². The summed E-state index contributed by atoms with van der Waals surface area (Å²) in [7, 11) is -1.03. The first-order valence-corrected chi connectivity index (χ1v) is 18.8. The fourth-order valence-corrected chi connectivity index (χ4v) is 5.79. The molecule has 0 radical (unpaired) electrons. The van der Waals surface area contributed by atoms with Gasteiger partial charge >= 0.3 is 11.9 Å². The molecule has 2 aromatic heterocycles. The number of alkyl halides is 1. The molecule has 264 valence electrons. The molecule has 0 aliphatic rings. The van der Waals surface area contributed by atoms with E-state index in [4.69, 9.17) is 9.47 Å². The highest BCUT2D eigenvalue weighted by Crippen LogP contribution is 2.26. The van der Waals surface area contributed by atoms with Crippen LogP contribution in [0.5, 0.6) is 11.5 Å². The molecule has 0 fully saturated rings. The minimum Gasteiger partial charge on any atom is -0.496 e. The van der Waals surface area contributed by atoms with E-state index in [-0.39, 0.29) is 12.5 Å². The zero-order valence-electron chi connectivity index (χ0n) is 27.6. The predicted octanol–water partition coefficient (Wildman–Crippen LogP) is 4.67. The summed E-state index contributed by atoms with van der Waals surface area (Å²) in [6.45, 7) is 0.0507. The number of carbonyl (C=O) groups excluding carboxylic acids is 2. The number of hydrogen-bond acceptors (Lipinski definition) is 12. The lowest BCUT2D eigenvalue weighted by atomic mass is 10.1. The van der Waals surface area contributed by atoms with Crippen LogP contribution in [-0.2, 0) is 41.4 Å². The first kappa shape index (κ1) is 40.4. The summed E-state index contributed by atoms with van der Waals surface area (Å²) in [4.78, 5) is 30.5. The Hall–Kier alpha value is -4.74. The summed E-state index contributed by atoms with van der Waals surface area (Å²) in [5.74, 6) is 0.233. The number of pyridine rings is 2. The summed E-state index contributed by atoms with van der Waals surface area (Å²) in [6.07, 6.45) is 8.27. The number of hydrogen-bond donors (Lipinski definition) is 1. The van der Waals surface area contributed by atoms with E-state index in [2.05, 4.69) is 40.1 Å². The summed E-state index contributed by atoms with van der Waals surface area (Å²) in [5.41, 5.74) is 3.35. The van der Waals surface area contributed by atoms with Crippen molar-refractivity contribution in [2.24, 2.45) is 0 Å². The van der Waals surface area contributed by atoms with Gasteiger partial charge in [-0.1, -0.05) is 28.1 Å². The molecule has 0 spiro atoms. The Balaban J connectivity index is 0.000000282. The zero-order valence-corrected chi connectivity index (χ0v) is 30.8. The van der Waals surface area contributed by atoms with E-state index in [9.17, 15) is 26.4 Å². The monoisotopic (exact) mass is 780 g/mol. The number of rotatable bonds is 11. The van der Waals surface area contributed by atoms with Gasteiger partial charge in [-0.3, -0.25) is 19.0 Å². The number of aromatic nitrogens is 2. The van der Waals surface area contributed by atoms with Gasteiger partial charge in [0.2, 0.25) is 20.0 Å². The minimum atomic E-state index is -3.53. The van der Waals surface area contributed by atoms with Crippen LogP contribution in [0.2, 0.25) is 0 Å². The molecule has 14 nitrogen and oxygen atoms in total. The molecule has 0 bridgehead atoms. The summed E-state index contributed by atoms with van der Waals surface area (Å²) < 4.78 is 68.8. The Kier molecular flexibility index (Phi) is 15.9. The van der Waals surface area contributed by atoms with Gasteiger partial charge in [-0.2, -0.15) is 0 Å². The van der Waals surface area contributed by atoms with Crippen molar-refractivity contribution in [3.63, 3.8) is 0 Å². The van der Waals surface area contributed by atoms with Gasteiger partial charge in [0.05, 0.1) is 82.4 Å². The van der Waals surface area contributed by atoms with Crippen molar-refractivity contribution < 1.29 is 45.4 Å². The van der Waals surface area contributed by atoms with E-state index in [0.717, 1.165) is 18.1 Å². The number of sulfonamides is 2. The maximum atomic E-state index is 12.1. The SMILES string of the molecule is COC(=O)c1ccc(CBr)c(OC)c1.COC(=O)c1ccc(CN(c2cccnc2)S(C)(=O)=O)c(OC)c1.CS(=O)(=O)Nc1cccnc1. The zero-order chi connectivity index (χ0) is 36.6. The Bertz CT molecular complexity index is 1900. The second-order valence-electron chi connectivity index (χ2n) is 9.77. The maximum absolute atomic E-state index is 12.1.